The van der Waals surface area contributed by atoms with Crippen LogP contribution < -0.4 is 5.73 Å². The molecule has 0 saturated carbocycles. The van der Waals surface area contributed by atoms with Crippen LogP contribution in [-0.2, 0) is 4.79 Å². The lowest BCUT2D eigenvalue weighted by Crippen LogP contribution is -2.51. The van der Waals surface area contributed by atoms with Gasteiger partial charge in [0.05, 0.1) is 23.6 Å². The van der Waals surface area contributed by atoms with Gasteiger partial charge in [-0.3, -0.25) is 4.79 Å². The monoisotopic (exact) mass is 258 g/mol. The molecule has 17 heavy (non-hydrogen) atoms. The third-order valence-electron chi connectivity index (χ3n) is 3.36. The Bertz CT molecular complexity index is 294. The number of hydrogen-bond donors (Lipinski definition) is 2. The fourth-order valence-electron chi connectivity index (χ4n) is 2.39. The number of carbonyl (C=O) groups is 1. The van der Waals surface area contributed by atoms with Crippen molar-refractivity contribution >= 4 is 23.1 Å². The standard InChI is InChI=1S/C12H22N2O2S/c1-8(2)10(11(13)17)12(16)14-6-4-3-5-9(14)7-15/h8-10,15H,3-7H2,1-2H3,(H2,13,17). The third kappa shape index (κ3) is 3.39. The summed E-state index contributed by atoms with van der Waals surface area (Å²) in [6.07, 6.45) is 2.92. The van der Waals surface area contributed by atoms with Crippen molar-refractivity contribution in [3.8, 4) is 0 Å². The fourth-order valence-corrected chi connectivity index (χ4v) is 2.77. The van der Waals surface area contributed by atoms with Crippen molar-refractivity contribution in [1.82, 2.24) is 4.90 Å². The molecule has 3 N–H and O–H groups in total. The molecule has 1 fully saturated rings. The molecule has 5 heteroatoms. The van der Waals surface area contributed by atoms with E-state index in [2.05, 4.69) is 0 Å². The Kier molecular flexibility index (Phi) is 5.33. The van der Waals surface area contributed by atoms with E-state index in [0.29, 0.717) is 6.54 Å². The van der Waals surface area contributed by atoms with Crippen LogP contribution in [0.3, 0.4) is 0 Å². The van der Waals surface area contributed by atoms with Crippen LogP contribution in [0.4, 0.5) is 0 Å². The van der Waals surface area contributed by atoms with Crippen LogP contribution in [-0.4, -0.2) is 40.1 Å². The molecule has 1 amide bonds. The van der Waals surface area contributed by atoms with Crippen LogP contribution in [0.25, 0.3) is 0 Å². The molecule has 0 aromatic rings. The highest BCUT2D eigenvalue weighted by Gasteiger charge is 2.34. The normalized spacial score (nSPS) is 22.6. The van der Waals surface area contributed by atoms with Gasteiger partial charge in [0, 0.05) is 6.54 Å². The maximum Gasteiger partial charge on any atom is 0.233 e. The number of piperidine rings is 1. The maximum absolute atomic E-state index is 12.4. The van der Waals surface area contributed by atoms with Gasteiger partial charge in [0.15, 0.2) is 0 Å². The number of thiocarbonyl (C=S) groups is 1. The van der Waals surface area contributed by atoms with Crippen molar-refractivity contribution in [2.45, 2.75) is 39.2 Å². The van der Waals surface area contributed by atoms with Crippen LogP contribution in [0.2, 0.25) is 0 Å². The van der Waals surface area contributed by atoms with Crippen molar-refractivity contribution in [2.75, 3.05) is 13.2 Å². The molecule has 0 aliphatic carbocycles. The Balaban J connectivity index is 2.81. The lowest BCUT2D eigenvalue weighted by Gasteiger charge is -2.37. The first-order chi connectivity index (χ1) is 7.99. The first-order valence-electron chi connectivity index (χ1n) is 6.19. The average molecular weight is 258 g/mol. The van der Waals surface area contributed by atoms with Gasteiger partial charge < -0.3 is 15.7 Å². The summed E-state index contributed by atoms with van der Waals surface area (Å²) in [5, 5.41) is 9.31. The van der Waals surface area contributed by atoms with Crippen LogP contribution in [0.5, 0.6) is 0 Å². The van der Waals surface area contributed by atoms with Crippen LogP contribution in [0, 0.1) is 11.8 Å². The van der Waals surface area contributed by atoms with Crippen LogP contribution >= 0.6 is 12.2 Å². The predicted molar refractivity (Wildman–Crippen MR) is 71.6 cm³/mol. The minimum Gasteiger partial charge on any atom is -0.394 e. The van der Waals surface area contributed by atoms with Crippen molar-refractivity contribution in [3.63, 3.8) is 0 Å². The summed E-state index contributed by atoms with van der Waals surface area (Å²) in [7, 11) is 0. The number of nitrogens with two attached hydrogens (primary N) is 1. The molecule has 0 aromatic carbocycles. The van der Waals surface area contributed by atoms with E-state index >= 15 is 0 Å². The van der Waals surface area contributed by atoms with E-state index in [-0.39, 0.29) is 29.5 Å². The highest BCUT2D eigenvalue weighted by Crippen LogP contribution is 2.22. The Labute approximate surface area is 108 Å². The zero-order valence-electron chi connectivity index (χ0n) is 10.6. The summed E-state index contributed by atoms with van der Waals surface area (Å²) in [6, 6.07) is -0.0631. The first kappa shape index (κ1) is 14.4. The van der Waals surface area contributed by atoms with Gasteiger partial charge in [0.1, 0.15) is 0 Å². The molecule has 0 spiro atoms. The van der Waals surface area contributed by atoms with Crippen molar-refractivity contribution in [3.05, 3.63) is 0 Å². The molecule has 0 bridgehead atoms. The number of likely N-dealkylation sites (tertiary alicyclic amines) is 1. The molecule has 0 radical (unpaired) electrons. The smallest absolute Gasteiger partial charge is 0.233 e. The second-order valence-corrected chi connectivity index (χ2v) is 5.46. The number of carbonyl (C=O) groups excluding carboxylic acids is 1. The van der Waals surface area contributed by atoms with Gasteiger partial charge in [0.25, 0.3) is 0 Å². The number of rotatable bonds is 4. The van der Waals surface area contributed by atoms with Gasteiger partial charge in [-0.05, 0) is 25.2 Å². The van der Waals surface area contributed by atoms with Crippen LogP contribution in [0.15, 0.2) is 0 Å². The Morgan fingerprint density at radius 2 is 2.18 bits per heavy atom. The van der Waals surface area contributed by atoms with E-state index in [0.717, 1.165) is 19.3 Å². The Hall–Kier alpha value is -0.680. The molecule has 2 atom stereocenters. The largest absolute Gasteiger partial charge is 0.394 e. The summed E-state index contributed by atoms with van der Waals surface area (Å²) in [4.78, 5) is 14.4. The Morgan fingerprint density at radius 1 is 1.53 bits per heavy atom. The molecule has 1 heterocycles. The highest BCUT2D eigenvalue weighted by molar-refractivity contribution is 7.80. The summed E-state index contributed by atoms with van der Waals surface area (Å²) in [5.41, 5.74) is 5.65. The number of amides is 1. The molecule has 4 nitrogen and oxygen atoms in total. The number of nitrogens with zero attached hydrogens (tertiary/aromatic N) is 1. The minimum atomic E-state index is -0.405. The molecule has 98 valence electrons. The van der Waals surface area contributed by atoms with E-state index < -0.39 is 5.92 Å². The number of hydrogen-bond acceptors (Lipinski definition) is 3. The lowest BCUT2D eigenvalue weighted by atomic mass is 9.92. The molecule has 2 unspecified atom stereocenters. The Morgan fingerprint density at radius 3 is 2.65 bits per heavy atom. The minimum absolute atomic E-state index is 0.0217. The molecule has 1 aliphatic rings. The fraction of sp³-hybridized carbons (Fsp3) is 0.833. The second-order valence-electron chi connectivity index (χ2n) is 4.99. The topological polar surface area (TPSA) is 66.6 Å². The SMILES string of the molecule is CC(C)C(C(=O)N1CCCCC1CO)C(N)=S. The molecular formula is C12H22N2O2S. The lowest BCUT2D eigenvalue weighted by molar-refractivity contribution is -0.139. The van der Waals surface area contributed by atoms with Gasteiger partial charge in [-0.2, -0.15) is 0 Å². The van der Waals surface area contributed by atoms with E-state index in [9.17, 15) is 9.90 Å². The van der Waals surface area contributed by atoms with Crippen molar-refractivity contribution < 1.29 is 9.90 Å². The second kappa shape index (κ2) is 6.31. The summed E-state index contributed by atoms with van der Waals surface area (Å²) >= 11 is 4.98. The average Bonchev–Trinajstić information content (AvgIpc) is 2.27. The zero-order valence-corrected chi connectivity index (χ0v) is 11.4. The molecular weight excluding hydrogens is 236 g/mol. The van der Waals surface area contributed by atoms with Crippen molar-refractivity contribution in [1.29, 1.82) is 0 Å². The number of aliphatic hydroxyl groups is 1. The predicted octanol–water partition coefficient (Wildman–Crippen LogP) is 0.918. The summed E-state index contributed by atoms with van der Waals surface area (Å²) in [5.74, 6) is -0.329. The summed E-state index contributed by atoms with van der Waals surface area (Å²) in [6.45, 7) is 4.61. The maximum atomic E-state index is 12.4. The van der Waals surface area contributed by atoms with Gasteiger partial charge in [0.2, 0.25) is 5.91 Å². The van der Waals surface area contributed by atoms with Gasteiger partial charge >= 0.3 is 0 Å². The third-order valence-corrected chi connectivity index (χ3v) is 3.61. The first-order valence-corrected chi connectivity index (χ1v) is 6.60. The van der Waals surface area contributed by atoms with Gasteiger partial charge in [-0.15, -0.1) is 0 Å². The van der Waals surface area contributed by atoms with E-state index in [1.54, 1.807) is 4.90 Å². The highest BCUT2D eigenvalue weighted by atomic mass is 32.1. The van der Waals surface area contributed by atoms with Crippen LogP contribution in [0.1, 0.15) is 33.1 Å². The van der Waals surface area contributed by atoms with E-state index in [1.807, 2.05) is 13.8 Å². The molecule has 1 rings (SSSR count). The molecule has 1 aliphatic heterocycles. The summed E-state index contributed by atoms with van der Waals surface area (Å²) < 4.78 is 0. The molecule has 1 saturated heterocycles. The van der Waals surface area contributed by atoms with Crippen molar-refractivity contribution in [2.24, 2.45) is 17.6 Å². The molecule has 0 aromatic heterocycles. The quantitative estimate of drug-likeness (QED) is 0.736. The number of aliphatic hydroxyl groups excluding tert-OH is 1. The van der Waals surface area contributed by atoms with Gasteiger partial charge in [-0.25, -0.2) is 0 Å². The van der Waals surface area contributed by atoms with E-state index in [1.165, 1.54) is 0 Å². The zero-order chi connectivity index (χ0) is 13.0. The van der Waals surface area contributed by atoms with E-state index in [4.69, 9.17) is 18.0 Å². The van der Waals surface area contributed by atoms with Gasteiger partial charge in [-0.1, -0.05) is 26.1 Å².